The van der Waals surface area contributed by atoms with Gasteiger partial charge in [0.05, 0.1) is 26.3 Å². The van der Waals surface area contributed by atoms with Crippen molar-refractivity contribution < 1.29 is 29.0 Å². The fraction of sp³-hybridized carbons (Fsp3) is 0.158. The van der Waals surface area contributed by atoms with Crippen molar-refractivity contribution in [3.05, 3.63) is 51.6 Å². The number of nitrogens with zero attached hydrogens (tertiary/aromatic N) is 2. The predicted molar refractivity (Wildman–Crippen MR) is 103 cm³/mol. The average molecular weight is 399 g/mol. The van der Waals surface area contributed by atoms with Gasteiger partial charge in [0, 0.05) is 17.8 Å². The molecule has 2 N–H and O–H groups in total. The van der Waals surface area contributed by atoms with Crippen molar-refractivity contribution in [3.8, 4) is 29.1 Å². The van der Waals surface area contributed by atoms with Gasteiger partial charge in [-0.2, -0.15) is 5.26 Å². The van der Waals surface area contributed by atoms with Crippen molar-refractivity contribution in [1.29, 1.82) is 5.26 Å². The van der Waals surface area contributed by atoms with Gasteiger partial charge in [-0.15, -0.1) is 0 Å². The van der Waals surface area contributed by atoms with Gasteiger partial charge in [0.25, 0.3) is 5.91 Å². The van der Waals surface area contributed by atoms with E-state index in [4.69, 9.17) is 14.2 Å². The lowest BCUT2D eigenvalue weighted by Gasteiger charge is -2.10. The Balaban J connectivity index is 2.37. The Morgan fingerprint density at radius 1 is 1.14 bits per heavy atom. The zero-order chi connectivity index (χ0) is 21.6. The lowest BCUT2D eigenvalue weighted by atomic mass is 10.1. The average Bonchev–Trinajstić information content (AvgIpc) is 2.72. The molecule has 0 heterocycles. The summed E-state index contributed by atoms with van der Waals surface area (Å²) in [6, 6.07) is 8.69. The first-order chi connectivity index (χ1) is 13.8. The molecule has 0 aliphatic carbocycles. The summed E-state index contributed by atoms with van der Waals surface area (Å²) >= 11 is 0. The lowest BCUT2D eigenvalue weighted by Crippen LogP contribution is -2.13. The first kappa shape index (κ1) is 21.0. The number of hydrogen-bond donors (Lipinski definition) is 2. The molecule has 0 spiro atoms. The Labute approximate surface area is 165 Å². The summed E-state index contributed by atoms with van der Waals surface area (Å²) in [6.07, 6.45) is 1.14. The third kappa shape index (κ3) is 4.72. The Hall–Kier alpha value is -4.26. The molecule has 29 heavy (non-hydrogen) atoms. The van der Waals surface area contributed by atoms with Crippen LogP contribution in [0.2, 0.25) is 0 Å². The van der Waals surface area contributed by atoms with Crippen LogP contribution in [0.25, 0.3) is 6.08 Å². The molecule has 0 aromatic heterocycles. The van der Waals surface area contributed by atoms with Crippen molar-refractivity contribution in [2.24, 2.45) is 0 Å². The minimum Gasteiger partial charge on any atom is -0.500 e. The highest BCUT2D eigenvalue weighted by molar-refractivity contribution is 6.09. The van der Waals surface area contributed by atoms with Crippen LogP contribution in [-0.4, -0.2) is 37.3 Å². The highest BCUT2D eigenvalue weighted by Crippen LogP contribution is 2.37. The molecule has 0 radical (unpaired) electrons. The van der Waals surface area contributed by atoms with E-state index in [-0.39, 0.29) is 16.9 Å². The maximum Gasteiger partial charge on any atom is 0.315 e. The van der Waals surface area contributed by atoms with Crippen LogP contribution in [0.5, 0.6) is 23.0 Å². The number of phenolic OH excluding ortho intramolecular Hbond substituents is 1. The molecule has 0 aliphatic rings. The fourth-order valence-corrected chi connectivity index (χ4v) is 2.42. The molecule has 0 fully saturated rings. The topological polar surface area (TPSA) is 144 Å². The second kappa shape index (κ2) is 9.09. The van der Waals surface area contributed by atoms with Crippen LogP contribution in [0.1, 0.15) is 5.56 Å². The summed E-state index contributed by atoms with van der Waals surface area (Å²) in [5, 5.41) is 32.8. The number of carbonyl (C=O) groups excluding carboxylic acids is 1. The Morgan fingerprint density at radius 2 is 1.79 bits per heavy atom. The third-order valence-electron chi connectivity index (χ3n) is 3.81. The number of nitriles is 1. The van der Waals surface area contributed by atoms with Gasteiger partial charge in [0.2, 0.25) is 5.75 Å². The fourth-order valence-electron chi connectivity index (χ4n) is 2.42. The Morgan fingerprint density at radius 3 is 2.34 bits per heavy atom. The molecule has 0 saturated carbocycles. The van der Waals surface area contributed by atoms with Gasteiger partial charge >= 0.3 is 5.69 Å². The van der Waals surface area contributed by atoms with Crippen molar-refractivity contribution in [2.75, 3.05) is 26.6 Å². The van der Waals surface area contributed by atoms with Gasteiger partial charge in [0.1, 0.15) is 11.6 Å². The third-order valence-corrected chi connectivity index (χ3v) is 3.81. The summed E-state index contributed by atoms with van der Waals surface area (Å²) in [4.78, 5) is 22.7. The summed E-state index contributed by atoms with van der Waals surface area (Å²) in [6.45, 7) is 0. The van der Waals surface area contributed by atoms with E-state index in [2.05, 4.69) is 5.32 Å². The van der Waals surface area contributed by atoms with Gasteiger partial charge < -0.3 is 24.6 Å². The lowest BCUT2D eigenvalue weighted by molar-refractivity contribution is -0.386. The number of nitro groups is 1. The molecule has 1 amide bonds. The number of nitrogens with one attached hydrogen (secondary N) is 1. The summed E-state index contributed by atoms with van der Waals surface area (Å²) in [5.74, 6) is -0.711. The zero-order valence-electron chi connectivity index (χ0n) is 15.8. The molecular formula is C19H17N3O7. The van der Waals surface area contributed by atoms with Gasteiger partial charge in [-0.05, 0) is 29.8 Å². The number of methoxy groups -OCH3 is 3. The van der Waals surface area contributed by atoms with Crippen LogP contribution < -0.4 is 19.5 Å². The van der Waals surface area contributed by atoms with Crippen molar-refractivity contribution >= 4 is 23.4 Å². The molecule has 2 aromatic carbocycles. The van der Waals surface area contributed by atoms with E-state index in [0.717, 1.165) is 12.1 Å². The van der Waals surface area contributed by atoms with E-state index >= 15 is 0 Å². The van der Waals surface area contributed by atoms with E-state index in [0.29, 0.717) is 17.2 Å². The number of hydrogen-bond acceptors (Lipinski definition) is 8. The molecule has 2 rings (SSSR count). The number of anilines is 1. The van der Waals surface area contributed by atoms with Crippen LogP contribution in [0.4, 0.5) is 11.4 Å². The first-order valence-corrected chi connectivity index (χ1v) is 8.05. The quantitative estimate of drug-likeness (QED) is 0.313. The molecule has 0 atom stereocenters. The Kier molecular flexibility index (Phi) is 6.60. The highest BCUT2D eigenvalue weighted by Gasteiger charge is 2.20. The second-order valence-corrected chi connectivity index (χ2v) is 5.54. The smallest absolute Gasteiger partial charge is 0.315 e. The number of nitro benzene ring substituents is 1. The maximum atomic E-state index is 12.5. The monoisotopic (exact) mass is 399 g/mol. The van der Waals surface area contributed by atoms with Crippen molar-refractivity contribution in [2.45, 2.75) is 0 Å². The minimum absolute atomic E-state index is 0.130. The standard InChI is InChI=1S/C19H17N3O7/c1-27-15-5-4-13(9-16(15)28-2)21-19(24)12(10-20)6-11-7-14(22(25)26)18(23)17(8-11)29-3/h4-9,23H,1-3H3,(H,21,24)/b12-6+. The molecule has 0 unspecified atom stereocenters. The Bertz CT molecular complexity index is 1030. The largest absolute Gasteiger partial charge is 0.500 e. The van der Waals surface area contributed by atoms with Crippen molar-refractivity contribution in [3.63, 3.8) is 0 Å². The molecular weight excluding hydrogens is 382 g/mol. The van der Waals surface area contributed by atoms with E-state index in [1.165, 1.54) is 33.5 Å². The molecule has 0 saturated heterocycles. The van der Waals surface area contributed by atoms with Gasteiger partial charge in [-0.1, -0.05) is 0 Å². The number of rotatable bonds is 7. The first-order valence-electron chi connectivity index (χ1n) is 8.05. The van der Waals surface area contributed by atoms with E-state index in [1.54, 1.807) is 18.2 Å². The summed E-state index contributed by atoms with van der Waals surface area (Å²) in [7, 11) is 4.13. The molecule has 150 valence electrons. The predicted octanol–water partition coefficient (Wildman–Crippen LogP) is 2.87. The molecule has 0 bridgehead atoms. The van der Waals surface area contributed by atoms with Crippen LogP contribution in [0, 0.1) is 21.4 Å². The maximum absolute atomic E-state index is 12.5. The van der Waals surface area contributed by atoms with Crippen LogP contribution in [0.3, 0.4) is 0 Å². The van der Waals surface area contributed by atoms with E-state index in [9.17, 15) is 25.3 Å². The second-order valence-electron chi connectivity index (χ2n) is 5.54. The van der Waals surface area contributed by atoms with Gasteiger partial charge in [0.15, 0.2) is 17.2 Å². The number of aromatic hydroxyl groups is 1. The number of carbonyl (C=O) groups is 1. The number of ether oxygens (including phenoxy) is 3. The molecule has 10 nitrogen and oxygen atoms in total. The van der Waals surface area contributed by atoms with Gasteiger partial charge in [-0.3, -0.25) is 14.9 Å². The number of amides is 1. The van der Waals surface area contributed by atoms with Crippen LogP contribution in [0.15, 0.2) is 35.9 Å². The normalized spacial score (nSPS) is 10.6. The van der Waals surface area contributed by atoms with E-state index < -0.39 is 22.3 Å². The SMILES string of the molecule is COc1ccc(NC(=O)/C(C#N)=C/c2cc(OC)c(O)c([N+](=O)[O-])c2)cc1OC. The van der Waals surface area contributed by atoms with Gasteiger partial charge in [-0.25, -0.2) is 0 Å². The van der Waals surface area contributed by atoms with Crippen LogP contribution in [-0.2, 0) is 4.79 Å². The van der Waals surface area contributed by atoms with Crippen molar-refractivity contribution in [1.82, 2.24) is 0 Å². The number of benzene rings is 2. The number of phenols is 1. The molecule has 10 heteroatoms. The molecule has 0 aliphatic heterocycles. The summed E-state index contributed by atoms with van der Waals surface area (Å²) in [5.41, 5.74) is -0.455. The summed E-state index contributed by atoms with van der Waals surface area (Å²) < 4.78 is 15.2. The van der Waals surface area contributed by atoms with Crippen LogP contribution >= 0.6 is 0 Å². The highest BCUT2D eigenvalue weighted by atomic mass is 16.6. The zero-order valence-corrected chi connectivity index (χ0v) is 15.8. The van der Waals surface area contributed by atoms with E-state index in [1.807, 2.05) is 0 Å². The minimum atomic E-state index is -0.801. The molecule has 2 aromatic rings.